The molecule has 4 rings (SSSR count). The SMILES string of the molecule is O=C(O)c1ccnc2ccc(C3(Cl)CC(C4CC4)C3)cc12. The van der Waals surface area contributed by atoms with Crippen molar-refractivity contribution in [2.45, 2.75) is 30.6 Å². The van der Waals surface area contributed by atoms with Crippen molar-refractivity contribution < 1.29 is 9.90 Å². The Bertz CT molecular complexity index is 733. The Balaban J connectivity index is 1.73. The van der Waals surface area contributed by atoms with Gasteiger partial charge in [-0.1, -0.05) is 6.07 Å². The summed E-state index contributed by atoms with van der Waals surface area (Å²) in [6.45, 7) is 0. The maximum Gasteiger partial charge on any atom is 0.336 e. The predicted molar refractivity (Wildman–Crippen MR) is 81.7 cm³/mol. The first-order valence-corrected chi connectivity index (χ1v) is 7.76. The molecule has 108 valence electrons. The van der Waals surface area contributed by atoms with Gasteiger partial charge in [0.05, 0.1) is 16.0 Å². The van der Waals surface area contributed by atoms with E-state index in [9.17, 15) is 9.90 Å². The fraction of sp³-hybridized carbons (Fsp3) is 0.412. The van der Waals surface area contributed by atoms with Crippen molar-refractivity contribution in [3.05, 3.63) is 41.6 Å². The van der Waals surface area contributed by atoms with Crippen LogP contribution in [0, 0.1) is 11.8 Å². The van der Waals surface area contributed by atoms with Crippen LogP contribution in [0.25, 0.3) is 10.9 Å². The van der Waals surface area contributed by atoms with Gasteiger partial charge in [0.15, 0.2) is 0 Å². The maximum absolute atomic E-state index is 11.3. The molecule has 2 fully saturated rings. The number of aromatic nitrogens is 1. The lowest BCUT2D eigenvalue weighted by Gasteiger charge is -2.44. The van der Waals surface area contributed by atoms with Crippen molar-refractivity contribution in [1.82, 2.24) is 4.98 Å². The summed E-state index contributed by atoms with van der Waals surface area (Å²) < 4.78 is 0. The number of hydrogen-bond acceptors (Lipinski definition) is 2. The van der Waals surface area contributed by atoms with E-state index in [0.29, 0.717) is 16.5 Å². The fourth-order valence-electron chi connectivity index (χ4n) is 3.52. The Morgan fingerprint density at radius 2 is 2.00 bits per heavy atom. The summed E-state index contributed by atoms with van der Waals surface area (Å²) in [5, 5.41) is 9.99. The Kier molecular flexibility index (Phi) is 2.77. The first-order chi connectivity index (χ1) is 10.1. The van der Waals surface area contributed by atoms with Gasteiger partial charge < -0.3 is 5.11 Å². The first-order valence-electron chi connectivity index (χ1n) is 7.38. The van der Waals surface area contributed by atoms with Gasteiger partial charge >= 0.3 is 5.97 Å². The number of rotatable bonds is 3. The third-order valence-electron chi connectivity index (χ3n) is 4.95. The average Bonchev–Trinajstić information content (AvgIpc) is 3.27. The lowest BCUT2D eigenvalue weighted by molar-refractivity contribution is 0.0699. The number of carboxylic acid groups (broad SMARTS) is 1. The van der Waals surface area contributed by atoms with Gasteiger partial charge in [-0.3, -0.25) is 4.98 Å². The summed E-state index contributed by atoms with van der Waals surface area (Å²) in [5.74, 6) is 0.715. The van der Waals surface area contributed by atoms with Crippen LogP contribution in [-0.2, 0) is 4.87 Å². The molecule has 0 aliphatic heterocycles. The van der Waals surface area contributed by atoms with Gasteiger partial charge in [0.2, 0.25) is 0 Å². The molecular weight excluding hydrogens is 286 g/mol. The standard InChI is InChI=1S/C17H16ClNO2/c18-17(8-11(9-17)10-1-2-10)12-3-4-15-14(7-12)13(16(20)21)5-6-19-15/h3-7,10-11H,1-2,8-9H2,(H,20,21). The molecule has 2 aliphatic rings. The average molecular weight is 302 g/mol. The second-order valence-corrected chi connectivity index (χ2v) is 7.09. The number of fused-ring (bicyclic) bond motifs is 1. The zero-order valence-electron chi connectivity index (χ0n) is 11.6. The van der Waals surface area contributed by atoms with Gasteiger partial charge in [-0.2, -0.15) is 0 Å². The second-order valence-electron chi connectivity index (χ2n) is 6.37. The Morgan fingerprint density at radius 1 is 1.24 bits per heavy atom. The van der Waals surface area contributed by atoms with Crippen molar-refractivity contribution >= 4 is 28.5 Å². The van der Waals surface area contributed by atoms with Crippen LogP contribution in [0.3, 0.4) is 0 Å². The summed E-state index contributed by atoms with van der Waals surface area (Å²) in [4.78, 5) is 15.3. The van der Waals surface area contributed by atoms with Crippen LogP contribution in [0.4, 0.5) is 0 Å². The minimum Gasteiger partial charge on any atom is -0.478 e. The molecule has 0 saturated heterocycles. The topological polar surface area (TPSA) is 50.2 Å². The van der Waals surface area contributed by atoms with Gasteiger partial charge in [-0.25, -0.2) is 4.79 Å². The quantitative estimate of drug-likeness (QED) is 0.865. The number of benzene rings is 1. The monoisotopic (exact) mass is 301 g/mol. The molecule has 2 aliphatic carbocycles. The number of pyridine rings is 1. The van der Waals surface area contributed by atoms with E-state index in [1.54, 1.807) is 6.07 Å². The van der Waals surface area contributed by atoms with E-state index in [1.807, 2.05) is 18.2 Å². The molecule has 0 atom stereocenters. The highest BCUT2D eigenvalue weighted by molar-refractivity contribution is 6.24. The number of carbonyl (C=O) groups is 1. The lowest BCUT2D eigenvalue weighted by Crippen LogP contribution is -2.37. The number of halogens is 1. The van der Waals surface area contributed by atoms with Crippen molar-refractivity contribution in [2.75, 3.05) is 0 Å². The van der Waals surface area contributed by atoms with Crippen LogP contribution in [0.2, 0.25) is 0 Å². The molecule has 0 spiro atoms. The zero-order valence-corrected chi connectivity index (χ0v) is 12.3. The predicted octanol–water partition coefficient (Wildman–Crippen LogP) is 4.19. The lowest BCUT2D eigenvalue weighted by atomic mass is 9.68. The molecule has 1 aromatic carbocycles. The molecule has 1 N–H and O–H groups in total. The summed E-state index contributed by atoms with van der Waals surface area (Å²) in [5.41, 5.74) is 2.03. The van der Waals surface area contributed by atoms with E-state index in [4.69, 9.17) is 11.6 Å². The summed E-state index contributed by atoms with van der Waals surface area (Å²) in [6, 6.07) is 7.34. The van der Waals surface area contributed by atoms with E-state index < -0.39 is 5.97 Å². The van der Waals surface area contributed by atoms with Crippen molar-refractivity contribution in [2.24, 2.45) is 11.8 Å². The van der Waals surface area contributed by atoms with Gasteiger partial charge in [0.25, 0.3) is 0 Å². The van der Waals surface area contributed by atoms with E-state index in [1.165, 1.54) is 19.0 Å². The molecule has 1 aromatic heterocycles. The van der Waals surface area contributed by atoms with Crippen LogP contribution in [0.1, 0.15) is 41.6 Å². The van der Waals surface area contributed by atoms with E-state index in [-0.39, 0.29) is 4.87 Å². The number of nitrogens with zero attached hydrogens (tertiary/aromatic N) is 1. The van der Waals surface area contributed by atoms with Crippen molar-refractivity contribution in [3.63, 3.8) is 0 Å². The smallest absolute Gasteiger partial charge is 0.336 e. The van der Waals surface area contributed by atoms with Crippen LogP contribution in [0.15, 0.2) is 30.5 Å². The van der Waals surface area contributed by atoms with Gasteiger partial charge in [-0.05, 0) is 61.3 Å². The third-order valence-corrected chi connectivity index (χ3v) is 5.48. The maximum atomic E-state index is 11.3. The van der Waals surface area contributed by atoms with Crippen LogP contribution in [-0.4, -0.2) is 16.1 Å². The highest BCUT2D eigenvalue weighted by atomic mass is 35.5. The molecule has 4 heteroatoms. The molecule has 21 heavy (non-hydrogen) atoms. The van der Waals surface area contributed by atoms with E-state index in [0.717, 1.165) is 30.2 Å². The van der Waals surface area contributed by atoms with Crippen LogP contribution in [0.5, 0.6) is 0 Å². The number of hydrogen-bond donors (Lipinski definition) is 1. The molecule has 1 heterocycles. The highest BCUT2D eigenvalue weighted by Crippen LogP contribution is 2.58. The third kappa shape index (κ3) is 2.11. The molecule has 0 unspecified atom stereocenters. The molecule has 0 bridgehead atoms. The molecule has 0 amide bonds. The minimum atomic E-state index is -0.923. The van der Waals surface area contributed by atoms with Gasteiger partial charge in [0, 0.05) is 11.6 Å². The largest absolute Gasteiger partial charge is 0.478 e. The molecule has 2 saturated carbocycles. The summed E-state index contributed by atoms with van der Waals surface area (Å²) >= 11 is 6.76. The zero-order chi connectivity index (χ0) is 14.6. The van der Waals surface area contributed by atoms with Gasteiger partial charge in [-0.15, -0.1) is 11.6 Å². The molecular formula is C17H16ClNO2. The Hall–Kier alpha value is -1.61. The van der Waals surface area contributed by atoms with Gasteiger partial charge in [0.1, 0.15) is 0 Å². The van der Waals surface area contributed by atoms with Crippen molar-refractivity contribution in [3.8, 4) is 0 Å². The summed E-state index contributed by atoms with van der Waals surface area (Å²) in [6.07, 6.45) is 6.25. The van der Waals surface area contributed by atoms with Crippen LogP contribution < -0.4 is 0 Å². The number of aromatic carboxylic acids is 1. The highest BCUT2D eigenvalue weighted by Gasteiger charge is 2.49. The van der Waals surface area contributed by atoms with Crippen LogP contribution >= 0.6 is 11.6 Å². The van der Waals surface area contributed by atoms with E-state index >= 15 is 0 Å². The summed E-state index contributed by atoms with van der Waals surface area (Å²) in [7, 11) is 0. The second kappa shape index (κ2) is 4.44. The normalized spacial score (nSPS) is 28.3. The number of alkyl halides is 1. The minimum absolute atomic E-state index is 0.292. The Labute approximate surface area is 127 Å². The molecule has 2 aromatic rings. The Morgan fingerprint density at radius 3 is 2.67 bits per heavy atom. The molecule has 0 radical (unpaired) electrons. The first kappa shape index (κ1) is 13.1. The number of carboxylic acids is 1. The fourth-order valence-corrected chi connectivity index (χ4v) is 4.03. The van der Waals surface area contributed by atoms with Crippen molar-refractivity contribution in [1.29, 1.82) is 0 Å². The van der Waals surface area contributed by atoms with E-state index in [2.05, 4.69) is 4.98 Å². The molecule has 3 nitrogen and oxygen atoms in total.